The fourth-order valence-electron chi connectivity index (χ4n) is 0.767. The van der Waals surface area contributed by atoms with E-state index in [1.807, 2.05) is 0 Å². The number of nitrogens with zero attached hydrogens (tertiary/aromatic N) is 1. The molecular formula is C8H16N2S. The van der Waals surface area contributed by atoms with E-state index in [2.05, 4.69) is 24.6 Å². The van der Waals surface area contributed by atoms with Crippen LogP contribution in [-0.2, 0) is 0 Å². The van der Waals surface area contributed by atoms with Gasteiger partial charge in [0.25, 0.3) is 0 Å². The third kappa shape index (κ3) is 6.21. The number of nitriles is 1. The van der Waals surface area contributed by atoms with Crippen molar-refractivity contribution in [3.8, 4) is 6.07 Å². The Morgan fingerprint density at radius 1 is 1.64 bits per heavy atom. The molecule has 0 rings (SSSR count). The van der Waals surface area contributed by atoms with E-state index >= 15 is 0 Å². The Morgan fingerprint density at radius 3 is 2.82 bits per heavy atom. The standard InChI is InChI=1S/C8H16N2S/c1-3-5-10-8(7-9)4-6-11-2/h8,10H,3-6H2,1-2H3. The van der Waals surface area contributed by atoms with Crippen LogP contribution in [0.15, 0.2) is 0 Å². The van der Waals surface area contributed by atoms with Gasteiger partial charge >= 0.3 is 0 Å². The van der Waals surface area contributed by atoms with E-state index in [0.29, 0.717) is 0 Å². The van der Waals surface area contributed by atoms with Gasteiger partial charge in [-0.1, -0.05) is 6.92 Å². The van der Waals surface area contributed by atoms with E-state index in [9.17, 15) is 0 Å². The van der Waals surface area contributed by atoms with E-state index in [1.165, 1.54) is 0 Å². The number of hydrogen-bond donors (Lipinski definition) is 1. The van der Waals surface area contributed by atoms with Gasteiger partial charge < -0.3 is 5.32 Å². The molecule has 0 saturated heterocycles. The number of hydrogen-bond acceptors (Lipinski definition) is 3. The van der Waals surface area contributed by atoms with Crippen molar-refractivity contribution < 1.29 is 0 Å². The van der Waals surface area contributed by atoms with Crippen LogP contribution in [0.4, 0.5) is 0 Å². The largest absolute Gasteiger partial charge is 0.302 e. The molecule has 0 aliphatic rings. The summed E-state index contributed by atoms with van der Waals surface area (Å²) in [5, 5.41) is 11.8. The first-order valence-electron chi connectivity index (χ1n) is 3.97. The van der Waals surface area contributed by atoms with Crippen molar-refractivity contribution in [1.29, 1.82) is 5.26 Å². The van der Waals surface area contributed by atoms with Crippen LogP contribution in [0.25, 0.3) is 0 Å². The van der Waals surface area contributed by atoms with Gasteiger partial charge in [-0.05, 0) is 31.4 Å². The Labute approximate surface area is 73.4 Å². The lowest BCUT2D eigenvalue weighted by Gasteiger charge is -2.08. The van der Waals surface area contributed by atoms with Crippen LogP contribution in [-0.4, -0.2) is 24.6 Å². The summed E-state index contributed by atoms with van der Waals surface area (Å²) in [6, 6.07) is 2.30. The highest BCUT2D eigenvalue weighted by Gasteiger charge is 2.03. The van der Waals surface area contributed by atoms with Gasteiger partial charge in [0.1, 0.15) is 0 Å². The molecule has 1 unspecified atom stereocenters. The van der Waals surface area contributed by atoms with Crippen molar-refractivity contribution in [1.82, 2.24) is 5.32 Å². The molecule has 11 heavy (non-hydrogen) atoms. The van der Waals surface area contributed by atoms with Crippen molar-refractivity contribution in [2.24, 2.45) is 0 Å². The van der Waals surface area contributed by atoms with Crippen molar-refractivity contribution in [3.63, 3.8) is 0 Å². The topological polar surface area (TPSA) is 35.8 Å². The first-order chi connectivity index (χ1) is 5.35. The van der Waals surface area contributed by atoms with Crippen LogP contribution in [0.1, 0.15) is 19.8 Å². The molecule has 0 aliphatic heterocycles. The third-order valence-electron chi connectivity index (χ3n) is 1.41. The second kappa shape index (κ2) is 7.90. The molecule has 0 spiro atoms. The quantitative estimate of drug-likeness (QED) is 0.661. The number of nitrogens with one attached hydrogen (secondary N) is 1. The summed E-state index contributed by atoms with van der Waals surface area (Å²) in [6.07, 6.45) is 4.11. The van der Waals surface area contributed by atoms with Gasteiger partial charge in [0.2, 0.25) is 0 Å². The maximum Gasteiger partial charge on any atom is 0.0960 e. The highest BCUT2D eigenvalue weighted by Crippen LogP contribution is 1.99. The molecule has 1 N–H and O–H groups in total. The predicted molar refractivity (Wildman–Crippen MR) is 50.7 cm³/mol. The number of rotatable bonds is 6. The molecule has 0 radical (unpaired) electrons. The maximum absolute atomic E-state index is 8.66. The second-order valence-electron chi connectivity index (χ2n) is 2.42. The van der Waals surface area contributed by atoms with Crippen molar-refractivity contribution in [2.45, 2.75) is 25.8 Å². The zero-order valence-corrected chi connectivity index (χ0v) is 8.08. The molecule has 0 fully saturated rings. The molecule has 0 aromatic rings. The molecule has 3 heteroatoms. The minimum absolute atomic E-state index is 0.0578. The molecule has 64 valence electrons. The van der Waals surface area contributed by atoms with Gasteiger partial charge in [-0.3, -0.25) is 0 Å². The minimum atomic E-state index is 0.0578. The molecule has 0 saturated carbocycles. The molecule has 2 nitrogen and oxygen atoms in total. The molecule has 0 amide bonds. The van der Waals surface area contributed by atoms with Crippen LogP contribution in [0, 0.1) is 11.3 Å². The van der Waals surface area contributed by atoms with Crippen molar-refractivity contribution in [2.75, 3.05) is 18.6 Å². The van der Waals surface area contributed by atoms with E-state index in [0.717, 1.165) is 25.1 Å². The summed E-state index contributed by atoms with van der Waals surface area (Å²) in [5.74, 6) is 1.06. The maximum atomic E-state index is 8.66. The predicted octanol–water partition coefficient (Wildman–Crippen LogP) is 1.63. The van der Waals surface area contributed by atoms with E-state index < -0.39 is 0 Å². The second-order valence-corrected chi connectivity index (χ2v) is 3.40. The first kappa shape index (κ1) is 10.8. The Kier molecular flexibility index (Phi) is 7.76. The minimum Gasteiger partial charge on any atom is -0.302 e. The molecular weight excluding hydrogens is 156 g/mol. The van der Waals surface area contributed by atoms with E-state index in [1.54, 1.807) is 11.8 Å². The molecule has 0 aromatic heterocycles. The van der Waals surface area contributed by atoms with Gasteiger partial charge in [-0.2, -0.15) is 17.0 Å². The fourth-order valence-corrected chi connectivity index (χ4v) is 1.24. The van der Waals surface area contributed by atoms with Gasteiger partial charge in [-0.25, -0.2) is 0 Å². The molecule has 0 heterocycles. The Bertz CT molecular complexity index is 112. The molecule has 0 bridgehead atoms. The Morgan fingerprint density at radius 2 is 2.36 bits per heavy atom. The average molecular weight is 172 g/mol. The molecule has 0 aliphatic carbocycles. The average Bonchev–Trinajstić information content (AvgIpc) is 2.05. The van der Waals surface area contributed by atoms with Crippen LogP contribution >= 0.6 is 11.8 Å². The number of thioether (sulfide) groups is 1. The van der Waals surface area contributed by atoms with Crippen LogP contribution < -0.4 is 5.32 Å². The van der Waals surface area contributed by atoms with Gasteiger partial charge in [0.15, 0.2) is 0 Å². The Hall–Kier alpha value is -0.200. The fraction of sp³-hybridized carbons (Fsp3) is 0.875. The van der Waals surface area contributed by atoms with Gasteiger partial charge in [0, 0.05) is 0 Å². The van der Waals surface area contributed by atoms with Crippen LogP contribution in [0.2, 0.25) is 0 Å². The summed E-state index contributed by atoms with van der Waals surface area (Å²) in [5.41, 5.74) is 0. The normalized spacial score (nSPS) is 12.5. The summed E-state index contributed by atoms with van der Waals surface area (Å²) in [7, 11) is 0. The lowest BCUT2D eigenvalue weighted by atomic mass is 10.2. The van der Waals surface area contributed by atoms with E-state index in [4.69, 9.17) is 5.26 Å². The van der Waals surface area contributed by atoms with Crippen molar-refractivity contribution >= 4 is 11.8 Å². The van der Waals surface area contributed by atoms with Crippen LogP contribution in [0.5, 0.6) is 0 Å². The van der Waals surface area contributed by atoms with E-state index in [-0.39, 0.29) is 6.04 Å². The summed E-state index contributed by atoms with van der Waals surface area (Å²) >= 11 is 1.79. The zero-order valence-electron chi connectivity index (χ0n) is 7.26. The first-order valence-corrected chi connectivity index (χ1v) is 5.36. The van der Waals surface area contributed by atoms with Gasteiger partial charge in [-0.15, -0.1) is 0 Å². The summed E-state index contributed by atoms with van der Waals surface area (Å²) in [4.78, 5) is 0. The Balaban J connectivity index is 3.35. The lowest BCUT2D eigenvalue weighted by Crippen LogP contribution is -2.28. The lowest BCUT2D eigenvalue weighted by molar-refractivity contribution is 0.586. The SMILES string of the molecule is CCCNC(C#N)CCSC. The van der Waals surface area contributed by atoms with Crippen molar-refractivity contribution in [3.05, 3.63) is 0 Å². The monoisotopic (exact) mass is 172 g/mol. The van der Waals surface area contributed by atoms with Gasteiger partial charge in [0.05, 0.1) is 12.1 Å². The highest BCUT2D eigenvalue weighted by molar-refractivity contribution is 7.98. The molecule has 0 aromatic carbocycles. The highest BCUT2D eigenvalue weighted by atomic mass is 32.2. The third-order valence-corrected chi connectivity index (χ3v) is 2.05. The molecule has 1 atom stereocenters. The zero-order chi connectivity index (χ0) is 8.53. The smallest absolute Gasteiger partial charge is 0.0960 e. The summed E-state index contributed by atoms with van der Waals surface area (Å²) in [6.45, 7) is 3.06. The van der Waals surface area contributed by atoms with Crippen LogP contribution in [0.3, 0.4) is 0 Å². The summed E-state index contributed by atoms with van der Waals surface area (Å²) < 4.78 is 0.